The van der Waals surface area contributed by atoms with E-state index < -0.39 is 12.0 Å². The van der Waals surface area contributed by atoms with Gasteiger partial charge in [-0.15, -0.1) is 11.3 Å². The summed E-state index contributed by atoms with van der Waals surface area (Å²) in [5, 5.41) is 4.09. The first kappa shape index (κ1) is 18.5. The van der Waals surface area contributed by atoms with Crippen LogP contribution in [0.1, 0.15) is 27.9 Å². The standard InChI is InChI=1S/C13H15N3O3S.K/c1-4-19-13(18)16-11(17)10-9(14)8-6(2)5-7(3)15-12(8)20-10;/h5H,4H2,1-3H3,(H3,14,16,17,18);/q;+1/p-1. The number of carbonyl (C=O) groups excluding carboxylic acids is 2. The maximum atomic E-state index is 12.0. The van der Waals surface area contributed by atoms with Gasteiger partial charge < -0.3 is 20.6 Å². The predicted octanol–water partition coefficient (Wildman–Crippen LogP) is 0.170. The molecule has 0 aromatic carbocycles. The van der Waals surface area contributed by atoms with Gasteiger partial charge in [-0.3, -0.25) is 4.79 Å². The molecule has 2 aromatic heterocycles. The molecule has 106 valence electrons. The van der Waals surface area contributed by atoms with Gasteiger partial charge in [-0.25, -0.2) is 4.98 Å². The van der Waals surface area contributed by atoms with Crippen molar-refractivity contribution < 1.29 is 65.7 Å². The molecule has 8 heteroatoms. The van der Waals surface area contributed by atoms with Crippen molar-refractivity contribution in [2.24, 2.45) is 0 Å². The molecule has 0 spiro atoms. The minimum atomic E-state index is -0.907. The Labute approximate surface area is 168 Å². The Kier molecular flexibility index (Phi) is 6.76. The van der Waals surface area contributed by atoms with Crippen LogP contribution in [0, 0.1) is 13.8 Å². The van der Waals surface area contributed by atoms with E-state index in [0.29, 0.717) is 10.5 Å². The maximum Gasteiger partial charge on any atom is 1.00 e. The number of carbonyl (C=O) groups is 2. The number of amides is 2. The van der Waals surface area contributed by atoms with Crippen molar-refractivity contribution in [2.45, 2.75) is 20.8 Å². The molecule has 6 nitrogen and oxygen atoms in total. The Balaban J connectivity index is 0.00000220. The van der Waals surface area contributed by atoms with Gasteiger partial charge in [-0.05, 0) is 32.4 Å². The predicted molar refractivity (Wildman–Crippen MR) is 78.2 cm³/mol. The number of hydrogen-bond acceptors (Lipinski definition) is 6. The fourth-order valence-electron chi connectivity index (χ4n) is 1.92. The monoisotopic (exact) mass is 331 g/mol. The van der Waals surface area contributed by atoms with E-state index in [1.165, 1.54) is 0 Å². The number of pyridine rings is 1. The van der Waals surface area contributed by atoms with Gasteiger partial charge >= 0.3 is 51.4 Å². The van der Waals surface area contributed by atoms with Crippen molar-refractivity contribution in [3.8, 4) is 0 Å². The van der Waals surface area contributed by atoms with Crippen LogP contribution in [0.5, 0.6) is 0 Å². The zero-order valence-corrected chi connectivity index (χ0v) is 16.3. The van der Waals surface area contributed by atoms with Crippen molar-refractivity contribution in [1.82, 2.24) is 4.98 Å². The second-order valence-electron chi connectivity index (χ2n) is 4.22. The fourth-order valence-corrected chi connectivity index (χ4v) is 3.02. The number of ether oxygens (including phenoxy) is 1. The van der Waals surface area contributed by atoms with E-state index in [1.54, 1.807) is 6.92 Å². The van der Waals surface area contributed by atoms with E-state index in [-0.39, 0.29) is 62.9 Å². The molecule has 2 N–H and O–H groups in total. The summed E-state index contributed by atoms with van der Waals surface area (Å²) in [5.41, 5.74) is 8.08. The van der Waals surface area contributed by atoms with Gasteiger partial charge in [0.1, 0.15) is 10.7 Å². The average molecular weight is 331 g/mol. The molecular formula is C13H14KN3O3S. The number of nitrogens with zero attached hydrogens (tertiary/aromatic N) is 2. The molecular weight excluding hydrogens is 317 g/mol. The SMILES string of the molecule is CCOC(=O)[N-]C(=O)c1sc2nc(C)cc(C)c2c1N.[K+]. The van der Waals surface area contributed by atoms with Gasteiger partial charge in [0, 0.05) is 11.1 Å². The molecule has 0 aliphatic carbocycles. The van der Waals surface area contributed by atoms with Gasteiger partial charge in [-0.2, -0.15) is 0 Å². The van der Waals surface area contributed by atoms with Crippen LogP contribution >= 0.6 is 11.3 Å². The number of fused-ring (bicyclic) bond motifs is 1. The fraction of sp³-hybridized carbons (Fsp3) is 0.308. The zero-order chi connectivity index (χ0) is 14.9. The molecule has 0 aliphatic rings. The number of rotatable bonds is 2. The van der Waals surface area contributed by atoms with E-state index in [0.717, 1.165) is 28.0 Å². The van der Waals surface area contributed by atoms with Gasteiger partial charge in [0.15, 0.2) is 0 Å². The first-order valence-electron chi connectivity index (χ1n) is 6.03. The molecule has 0 fully saturated rings. The summed E-state index contributed by atoms with van der Waals surface area (Å²) in [6.07, 6.45) is -0.907. The van der Waals surface area contributed by atoms with Crippen LogP contribution in [0.2, 0.25) is 0 Å². The molecule has 0 radical (unpaired) electrons. The quantitative estimate of drug-likeness (QED) is 0.791. The second-order valence-corrected chi connectivity index (χ2v) is 5.22. The maximum absolute atomic E-state index is 12.0. The smallest absolute Gasteiger partial charge is 0.555 e. The molecule has 2 rings (SSSR count). The normalized spacial score (nSPS) is 10.0. The number of anilines is 1. The van der Waals surface area contributed by atoms with Crippen molar-refractivity contribution in [2.75, 3.05) is 12.3 Å². The number of nitrogens with two attached hydrogens (primary N) is 1. The molecule has 2 heterocycles. The Morgan fingerprint density at radius 2 is 2.10 bits per heavy atom. The van der Waals surface area contributed by atoms with Crippen LogP contribution < -0.4 is 57.1 Å². The van der Waals surface area contributed by atoms with E-state index in [1.807, 2.05) is 19.9 Å². The molecule has 0 bridgehead atoms. The summed E-state index contributed by atoms with van der Waals surface area (Å²) in [6.45, 7) is 5.57. The zero-order valence-electron chi connectivity index (χ0n) is 12.4. The summed E-state index contributed by atoms with van der Waals surface area (Å²) in [5.74, 6) is -0.694. The minimum absolute atomic E-state index is 0. The number of thiophene rings is 1. The number of hydrogen-bond donors (Lipinski definition) is 1. The Bertz CT molecular complexity index is 700. The molecule has 2 aromatic rings. The Hall–Kier alpha value is -0.514. The number of nitrogen functional groups attached to an aromatic ring is 1. The van der Waals surface area contributed by atoms with Gasteiger partial charge in [0.25, 0.3) is 0 Å². The Morgan fingerprint density at radius 1 is 1.43 bits per heavy atom. The van der Waals surface area contributed by atoms with E-state index in [4.69, 9.17) is 5.73 Å². The molecule has 21 heavy (non-hydrogen) atoms. The second kappa shape index (κ2) is 7.66. The first-order chi connectivity index (χ1) is 9.43. The van der Waals surface area contributed by atoms with E-state index >= 15 is 0 Å². The molecule has 0 saturated heterocycles. The van der Waals surface area contributed by atoms with Gasteiger partial charge in [-0.1, -0.05) is 0 Å². The van der Waals surface area contributed by atoms with Crippen molar-refractivity contribution >= 4 is 39.2 Å². The first-order valence-corrected chi connectivity index (χ1v) is 6.84. The summed E-state index contributed by atoms with van der Waals surface area (Å²) < 4.78 is 4.61. The van der Waals surface area contributed by atoms with Crippen LogP contribution in [0.3, 0.4) is 0 Å². The van der Waals surface area contributed by atoms with E-state index in [2.05, 4.69) is 15.0 Å². The topological polar surface area (TPSA) is 96.4 Å². The molecule has 0 aliphatic heterocycles. The summed E-state index contributed by atoms with van der Waals surface area (Å²) in [4.78, 5) is 28.4. The summed E-state index contributed by atoms with van der Waals surface area (Å²) in [7, 11) is 0. The molecule has 0 atom stereocenters. The van der Waals surface area contributed by atoms with Crippen LogP contribution in [0.25, 0.3) is 15.5 Å². The minimum Gasteiger partial charge on any atom is -0.555 e. The van der Waals surface area contributed by atoms with Crippen LogP contribution in [-0.2, 0) is 4.74 Å². The molecule has 0 saturated carbocycles. The average Bonchev–Trinajstić information content (AvgIpc) is 2.66. The van der Waals surface area contributed by atoms with Crippen molar-refractivity contribution in [3.63, 3.8) is 0 Å². The summed E-state index contributed by atoms with van der Waals surface area (Å²) >= 11 is 1.13. The Morgan fingerprint density at radius 3 is 2.71 bits per heavy atom. The summed E-state index contributed by atoms with van der Waals surface area (Å²) in [6, 6.07) is 1.89. The number of imide groups is 1. The third-order valence-electron chi connectivity index (χ3n) is 2.68. The largest absolute Gasteiger partial charge is 1.00 e. The molecule has 0 unspecified atom stereocenters. The van der Waals surface area contributed by atoms with Crippen LogP contribution in [0.15, 0.2) is 6.07 Å². The van der Waals surface area contributed by atoms with Crippen LogP contribution in [0.4, 0.5) is 10.5 Å². The number of aromatic nitrogens is 1. The van der Waals surface area contributed by atoms with E-state index in [9.17, 15) is 9.59 Å². The van der Waals surface area contributed by atoms with Gasteiger partial charge in [0.2, 0.25) is 6.09 Å². The third kappa shape index (κ3) is 4.02. The number of aryl methyl sites for hydroxylation is 2. The third-order valence-corrected chi connectivity index (χ3v) is 3.77. The van der Waals surface area contributed by atoms with Gasteiger partial charge in [0.05, 0.1) is 17.2 Å². The van der Waals surface area contributed by atoms with Crippen molar-refractivity contribution in [3.05, 3.63) is 27.5 Å². The van der Waals surface area contributed by atoms with Crippen molar-refractivity contribution in [1.29, 1.82) is 0 Å². The van der Waals surface area contributed by atoms with Crippen LogP contribution in [-0.4, -0.2) is 23.6 Å². The molecule has 2 amide bonds.